The lowest BCUT2D eigenvalue weighted by Gasteiger charge is -2.41. The molecule has 0 N–H and O–H groups in total. The normalized spacial score (nSPS) is 22.9. The second-order valence-corrected chi connectivity index (χ2v) is 8.64. The summed E-state index contributed by atoms with van der Waals surface area (Å²) in [6.07, 6.45) is 8.55. The summed E-state index contributed by atoms with van der Waals surface area (Å²) >= 11 is 0. The molecule has 2 aliphatic carbocycles. The molecule has 5 rings (SSSR count). The van der Waals surface area contributed by atoms with Gasteiger partial charge in [0, 0.05) is 43.9 Å². The number of piperazine rings is 1. The van der Waals surface area contributed by atoms with E-state index in [9.17, 15) is 4.79 Å². The molecule has 5 heteroatoms. The van der Waals surface area contributed by atoms with Crippen LogP contribution in [0.3, 0.4) is 0 Å². The van der Waals surface area contributed by atoms with Crippen LogP contribution in [0.25, 0.3) is 11.3 Å². The van der Waals surface area contributed by atoms with Crippen LogP contribution in [-0.2, 0) is 10.2 Å². The number of hydrogen-bond donors (Lipinski definition) is 0. The monoisotopic (exact) mass is 379 g/mol. The summed E-state index contributed by atoms with van der Waals surface area (Å²) in [4.78, 5) is 18.0. The molecule has 1 aliphatic heterocycles. The molecule has 1 aromatic heterocycles. The van der Waals surface area contributed by atoms with E-state index < -0.39 is 5.41 Å². The van der Waals surface area contributed by atoms with E-state index in [0.717, 1.165) is 62.1 Å². The molecule has 2 heterocycles. The first-order chi connectivity index (χ1) is 13.8. The zero-order valence-electron chi connectivity index (χ0n) is 16.5. The lowest BCUT2D eigenvalue weighted by molar-refractivity contribution is -0.136. The number of nitrogens with zero attached hydrogens (tertiary/aromatic N) is 3. The average molecular weight is 380 g/mol. The van der Waals surface area contributed by atoms with Crippen molar-refractivity contribution in [3.8, 4) is 11.3 Å². The van der Waals surface area contributed by atoms with Gasteiger partial charge in [-0.1, -0.05) is 54.8 Å². The second kappa shape index (κ2) is 7.36. The highest BCUT2D eigenvalue weighted by Crippen LogP contribution is 2.50. The number of hydrogen-bond acceptors (Lipinski definition) is 4. The summed E-state index contributed by atoms with van der Waals surface area (Å²) < 4.78 is 5.58. The van der Waals surface area contributed by atoms with Gasteiger partial charge < -0.3 is 9.42 Å². The van der Waals surface area contributed by atoms with Crippen LogP contribution in [0.1, 0.15) is 50.6 Å². The smallest absolute Gasteiger partial charge is 0.235 e. The predicted molar refractivity (Wildman–Crippen MR) is 108 cm³/mol. The molecule has 0 spiro atoms. The van der Waals surface area contributed by atoms with Gasteiger partial charge in [0.15, 0.2) is 5.76 Å². The zero-order valence-corrected chi connectivity index (χ0v) is 16.5. The van der Waals surface area contributed by atoms with E-state index in [-0.39, 0.29) is 5.91 Å². The van der Waals surface area contributed by atoms with Crippen LogP contribution < -0.4 is 0 Å². The second-order valence-electron chi connectivity index (χ2n) is 8.64. The summed E-state index contributed by atoms with van der Waals surface area (Å²) in [5.41, 5.74) is 1.38. The quantitative estimate of drug-likeness (QED) is 0.810. The Morgan fingerprint density at radius 2 is 1.71 bits per heavy atom. The molecule has 28 heavy (non-hydrogen) atoms. The van der Waals surface area contributed by atoms with Crippen LogP contribution in [0, 0.1) is 0 Å². The Labute approximate surface area is 166 Å². The van der Waals surface area contributed by atoms with Crippen molar-refractivity contribution in [2.24, 2.45) is 0 Å². The van der Waals surface area contributed by atoms with Gasteiger partial charge in [0.05, 0.1) is 11.1 Å². The number of amides is 1. The van der Waals surface area contributed by atoms with E-state index in [0.29, 0.717) is 0 Å². The minimum Gasteiger partial charge on any atom is -0.356 e. The van der Waals surface area contributed by atoms with Crippen molar-refractivity contribution in [2.45, 2.75) is 56.4 Å². The third-order valence-electron chi connectivity index (χ3n) is 6.91. The molecule has 1 aromatic carbocycles. The van der Waals surface area contributed by atoms with Crippen molar-refractivity contribution in [3.63, 3.8) is 0 Å². The van der Waals surface area contributed by atoms with Crippen LogP contribution in [0.4, 0.5) is 0 Å². The van der Waals surface area contributed by atoms with Gasteiger partial charge in [-0.25, -0.2) is 0 Å². The van der Waals surface area contributed by atoms with Crippen molar-refractivity contribution in [2.75, 3.05) is 26.2 Å². The van der Waals surface area contributed by atoms with Gasteiger partial charge >= 0.3 is 0 Å². The largest absolute Gasteiger partial charge is 0.356 e. The highest BCUT2D eigenvalue weighted by molar-refractivity contribution is 5.91. The molecule has 0 radical (unpaired) electrons. The van der Waals surface area contributed by atoms with Crippen LogP contribution in [-0.4, -0.2) is 53.1 Å². The fourth-order valence-corrected chi connectivity index (χ4v) is 4.98. The van der Waals surface area contributed by atoms with Gasteiger partial charge in [0.2, 0.25) is 5.91 Å². The van der Waals surface area contributed by atoms with Crippen molar-refractivity contribution in [1.29, 1.82) is 0 Å². The standard InChI is InChI=1S/C23H29N3O2/c27-22(26-15-13-25(14-16-26)19-9-5-2-6-10-19)23(11-12-23)21-17-20(28-24-21)18-7-3-1-4-8-18/h1,3-4,7-8,17,19H,2,5-6,9-16H2. The summed E-state index contributed by atoms with van der Waals surface area (Å²) in [6.45, 7) is 3.72. The first kappa shape index (κ1) is 17.9. The zero-order chi connectivity index (χ0) is 19.0. The van der Waals surface area contributed by atoms with E-state index in [2.05, 4.69) is 15.0 Å². The van der Waals surface area contributed by atoms with Gasteiger partial charge in [-0.3, -0.25) is 9.69 Å². The molecule has 0 atom stereocenters. The molecular formula is C23H29N3O2. The summed E-state index contributed by atoms with van der Waals surface area (Å²) in [7, 11) is 0. The maximum absolute atomic E-state index is 13.3. The molecule has 3 fully saturated rings. The van der Waals surface area contributed by atoms with E-state index in [1.165, 1.54) is 32.1 Å². The number of carbonyl (C=O) groups is 1. The molecule has 2 saturated carbocycles. The van der Waals surface area contributed by atoms with Crippen molar-refractivity contribution in [3.05, 3.63) is 42.1 Å². The van der Waals surface area contributed by atoms with Crippen molar-refractivity contribution < 1.29 is 9.32 Å². The van der Waals surface area contributed by atoms with Crippen LogP contribution in [0.5, 0.6) is 0 Å². The van der Waals surface area contributed by atoms with Gasteiger partial charge in [0.25, 0.3) is 0 Å². The minimum absolute atomic E-state index is 0.253. The molecule has 2 aromatic rings. The third-order valence-corrected chi connectivity index (χ3v) is 6.91. The Kier molecular flexibility index (Phi) is 4.71. The molecule has 3 aliphatic rings. The van der Waals surface area contributed by atoms with E-state index in [1.807, 2.05) is 36.4 Å². The summed E-state index contributed by atoms with van der Waals surface area (Å²) in [5, 5.41) is 4.30. The Morgan fingerprint density at radius 1 is 1.00 bits per heavy atom. The SMILES string of the molecule is O=C(N1CCN(C2CCCCC2)CC1)C1(c2cc(-c3ccccc3)on2)CC1. The fourth-order valence-electron chi connectivity index (χ4n) is 4.98. The molecule has 0 bridgehead atoms. The van der Waals surface area contributed by atoms with Crippen molar-refractivity contribution >= 4 is 5.91 Å². The fraction of sp³-hybridized carbons (Fsp3) is 0.565. The minimum atomic E-state index is -0.441. The number of aromatic nitrogens is 1. The molecule has 1 amide bonds. The predicted octanol–water partition coefficient (Wildman–Crippen LogP) is 3.85. The van der Waals surface area contributed by atoms with Crippen LogP contribution >= 0.6 is 0 Å². The van der Waals surface area contributed by atoms with Gasteiger partial charge in [-0.05, 0) is 25.7 Å². The Hall–Kier alpha value is -2.14. The van der Waals surface area contributed by atoms with E-state index in [1.54, 1.807) is 0 Å². The van der Waals surface area contributed by atoms with Gasteiger partial charge in [-0.2, -0.15) is 0 Å². The number of benzene rings is 1. The first-order valence-corrected chi connectivity index (χ1v) is 10.8. The lowest BCUT2D eigenvalue weighted by atomic mass is 9.93. The number of rotatable bonds is 4. The molecule has 5 nitrogen and oxygen atoms in total. The highest BCUT2D eigenvalue weighted by atomic mass is 16.5. The molecule has 0 unspecified atom stereocenters. The van der Waals surface area contributed by atoms with E-state index >= 15 is 0 Å². The maximum atomic E-state index is 13.3. The molecule has 148 valence electrons. The Balaban J connectivity index is 1.25. The Bertz CT molecular complexity index is 813. The number of carbonyl (C=O) groups excluding carboxylic acids is 1. The average Bonchev–Trinajstić information content (AvgIpc) is 3.43. The van der Waals surface area contributed by atoms with E-state index in [4.69, 9.17) is 4.52 Å². The van der Waals surface area contributed by atoms with Crippen LogP contribution in [0.2, 0.25) is 0 Å². The highest BCUT2D eigenvalue weighted by Gasteiger charge is 2.55. The Morgan fingerprint density at radius 3 is 2.39 bits per heavy atom. The summed E-state index contributed by atoms with van der Waals surface area (Å²) in [5.74, 6) is 1.00. The van der Waals surface area contributed by atoms with Crippen molar-refractivity contribution in [1.82, 2.24) is 15.0 Å². The molecule has 1 saturated heterocycles. The lowest BCUT2D eigenvalue weighted by Crippen LogP contribution is -2.54. The van der Waals surface area contributed by atoms with Crippen LogP contribution in [0.15, 0.2) is 40.9 Å². The maximum Gasteiger partial charge on any atom is 0.235 e. The van der Waals surface area contributed by atoms with Gasteiger partial charge in [-0.15, -0.1) is 0 Å². The molecular weight excluding hydrogens is 350 g/mol. The third kappa shape index (κ3) is 3.26. The van der Waals surface area contributed by atoms with Gasteiger partial charge in [0.1, 0.15) is 0 Å². The summed E-state index contributed by atoms with van der Waals surface area (Å²) in [6, 6.07) is 12.7. The first-order valence-electron chi connectivity index (χ1n) is 10.8. The topological polar surface area (TPSA) is 49.6 Å².